The van der Waals surface area contributed by atoms with Crippen molar-refractivity contribution in [2.24, 2.45) is 0 Å². The highest BCUT2D eigenvalue weighted by Gasteiger charge is 2.33. The fourth-order valence-corrected chi connectivity index (χ4v) is 3.49. The Morgan fingerprint density at radius 3 is 2.58 bits per heavy atom. The fourth-order valence-electron chi connectivity index (χ4n) is 3.21. The monoisotopic (exact) mass is 347 g/mol. The molecule has 0 bridgehead atoms. The maximum Gasteiger partial charge on any atom is 0.253 e. The van der Waals surface area contributed by atoms with Crippen molar-refractivity contribution < 1.29 is 15.0 Å². The third kappa shape index (κ3) is 3.17. The standard InChI is InChI=1S/C17H21N3O3S/c1-10-14(16(23)20-7-3-2-4-8-20)15(19-17(24)18-10)11-5-6-12(21)13(22)9-11/h5-6,9,15,21-22H,2-4,7-8H2,1H3,(H2,18,19,24). The lowest BCUT2D eigenvalue weighted by atomic mass is 9.93. The molecule has 1 unspecified atom stereocenters. The van der Waals surface area contributed by atoms with E-state index in [-0.39, 0.29) is 17.4 Å². The van der Waals surface area contributed by atoms with Crippen molar-refractivity contribution in [3.8, 4) is 11.5 Å². The van der Waals surface area contributed by atoms with Crippen molar-refractivity contribution in [3.05, 3.63) is 35.0 Å². The summed E-state index contributed by atoms with van der Waals surface area (Å²) in [7, 11) is 0. The second-order valence-corrected chi connectivity index (χ2v) is 6.58. The minimum absolute atomic E-state index is 0.0211. The predicted molar refractivity (Wildman–Crippen MR) is 94.5 cm³/mol. The van der Waals surface area contributed by atoms with Gasteiger partial charge in [-0.2, -0.15) is 0 Å². The number of thiocarbonyl (C=S) groups is 1. The van der Waals surface area contributed by atoms with Gasteiger partial charge >= 0.3 is 0 Å². The van der Waals surface area contributed by atoms with Crippen LogP contribution in [-0.4, -0.2) is 39.2 Å². The lowest BCUT2D eigenvalue weighted by molar-refractivity contribution is -0.128. The van der Waals surface area contributed by atoms with Gasteiger partial charge in [0.2, 0.25) is 0 Å². The summed E-state index contributed by atoms with van der Waals surface area (Å²) in [6.07, 6.45) is 3.18. The van der Waals surface area contributed by atoms with Crippen LogP contribution in [0.1, 0.15) is 37.8 Å². The number of nitrogens with zero attached hydrogens (tertiary/aromatic N) is 1. The zero-order valence-electron chi connectivity index (χ0n) is 13.5. The number of hydrogen-bond acceptors (Lipinski definition) is 4. The number of allylic oxidation sites excluding steroid dienone is 1. The number of phenolic OH excluding ortho intramolecular Hbond substituents is 2. The van der Waals surface area contributed by atoms with Gasteiger partial charge in [0.15, 0.2) is 16.6 Å². The first-order chi connectivity index (χ1) is 11.5. The highest BCUT2D eigenvalue weighted by Crippen LogP contribution is 2.33. The van der Waals surface area contributed by atoms with E-state index in [1.165, 1.54) is 12.1 Å². The van der Waals surface area contributed by atoms with E-state index < -0.39 is 6.04 Å². The molecule has 4 N–H and O–H groups in total. The third-order valence-electron chi connectivity index (χ3n) is 4.48. The van der Waals surface area contributed by atoms with Gasteiger partial charge in [0.25, 0.3) is 5.91 Å². The highest BCUT2D eigenvalue weighted by atomic mass is 32.1. The average Bonchev–Trinajstić information content (AvgIpc) is 2.57. The zero-order valence-corrected chi connectivity index (χ0v) is 14.3. The lowest BCUT2D eigenvalue weighted by Crippen LogP contribution is -2.48. The second-order valence-electron chi connectivity index (χ2n) is 6.17. The molecule has 0 radical (unpaired) electrons. The Kier molecular flexibility index (Phi) is 4.62. The number of carbonyl (C=O) groups is 1. The summed E-state index contributed by atoms with van der Waals surface area (Å²) < 4.78 is 0. The van der Waals surface area contributed by atoms with Crippen LogP contribution < -0.4 is 10.6 Å². The van der Waals surface area contributed by atoms with Crippen molar-refractivity contribution in [3.63, 3.8) is 0 Å². The molecule has 6 nitrogen and oxygen atoms in total. The molecule has 2 heterocycles. The van der Waals surface area contributed by atoms with Crippen molar-refractivity contribution >= 4 is 23.2 Å². The van der Waals surface area contributed by atoms with Gasteiger partial charge in [-0.1, -0.05) is 6.07 Å². The van der Waals surface area contributed by atoms with Crippen LogP contribution in [0.4, 0.5) is 0 Å². The van der Waals surface area contributed by atoms with E-state index in [0.29, 0.717) is 21.9 Å². The summed E-state index contributed by atoms with van der Waals surface area (Å²) in [6, 6.07) is 4.09. The second kappa shape index (κ2) is 6.68. The minimum Gasteiger partial charge on any atom is -0.504 e. The van der Waals surface area contributed by atoms with Gasteiger partial charge in [0.05, 0.1) is 11.6 Å². The van der Waals surface area contributed by atoms with Gasteiger partial charge in [-0.15, -0.1) is 0 Å². The molecular formula is C17H21N3O3S. The van der Waals surface area contributed by atoms with Crippen LogP contribution in [0, 0.1) is 0 Å². The van der Waals surface area contributed by atoms with Gasteiger partial charge in [-0.25, -0.2) is 0 Å². The molecule has 1 saturated heterocycles. The van der Waals surface area contributed by atoms with Crippen LogP contribution >= 0.6 is 12.2 Å². The number of amides is 1. The molecule has 1 aromatic rings. The van der Waals surface area contributed by atoms with Gasteiger partial charge in [0.1, 0.15) is 0 Å². The number of rotatable bonds is 2. The van der Waals surface area contributed by atoms with E-state index in [4.69, 9.17) is 12.2 Å². The Bertz CT molecular complexity index is 711. The lowest BCUT2D eigenvalue weighted by Gasteiger charge is -2.35. The Labute approximate surface area is 146 Å². The van der Waals surface area contributed by atoms with Crippen molar-refractivity contribution in [1.82, 2.24) is 15.5 Å². The summed E-state index contributed by atoms with van der Waals surface area (Å²) in [4.78, 5) is 14.9. The first kappa shape index (κ1) is 16.6. The Balaban J connectivity index is 1.98. The number of piperidine rings is 1. The quantitative estimate of drug-likeness (QED) is 0.483. The molecule has 7 heteroatoms. The van der Waals surface area contributed by atoms with Crippen molar-refractivity contribution in [2.75, 3.05) is 13.1 Å². The van der Waals surface area contributed by atoms with Gasteiger partial charge < -0.3 is 25.7 Å². The number of carbonyl (C=O) groups excluding carboxylic acids is 1. The normalized spacial score (nSPS) is 21.3. The Hall–Kier alpha value is -2.28. The largest absolute Gasteiger partial charge is 0.504 e. The first-order valence-electron chi connectivity index (χ1n) is 8.07. The first-order valence-corrected chi connectivity index (χ1v) is 8.47. The van der Waals surface area contributed by atoms with Crippen LogP contribution in [-0.2, 0) is 4.79 Å². The van der Waals surface area contributed by atoms with Crippen LogP contribution in [0.25, 0.3) is 0 Å². The molecule has 1 aromatic carbocycles. The summed E-state index contributed by atoms with van der Waals surface area (Å²) in [6.45, 7) is 3.35. The number of hydrogen-bond donors (Lipinski definition) is 4. The van der Waals surface area contributed by atoms with Crippen molar-refractivity contribution in [2.45, 2.75) is 32.2 Å². The fraction of sp³-hybridized carbons (Fsp3) is 0.412. The molecule has 128 valence electrons. The molecule has 24 heavy (non-hydrogen) atoms. The molecule has 2 aliphatic heterocycles. The van der Waals surface area contributed by atoms with E-state index in [1.807, 2.05) is 11.8 Å². The summed E-state index contributed by atoms with van der Waals surface area (Å²) in [5, 5.41) is 25.9. The number of aromatic hydroxyl groups is 2. The van der Waals surface area contributed by atoms with Crippen LogP contribution in [0.5, 0.6) is 11.5 Å². The van der Waals surface area contributed by atoms with E-state index in [0.717, 1.165) is 32.4 Å². The van der Waals surface area contributed by atoms with E-state index in [2.05, 4.69) is 10.6 Å². The maximum absolute atomic E-state index is 13.0. The summed E-state index contributed by atoms with van der Waals surface area (Å²) in [5.74, 6) is -0.437. The Morgan fingerprint density at radius 1 is 1.21 bits per heavy atom. The van der Waals surface area contributed by atoms with Crippen molar-refractivity contribution in [1.29, 1.82) is 0 Å². The molecule has 0 saturated carbocycles. The number of likely N-dealkylation sites (tertiary alicyclic amines) is 1. The molecule has 0 spiro atoms. The van der Waals surface area contributed by atoms with Gasteiger partial charge in [0, 0.05) is 18.8 Å². The molecule has 3 rings (SSSR count). The van der Waals surface area contributed by atoms with E-state index in [9.17, 15) is 15.0 Å². The minimum atomic E-state index is -0.459. The topological polar surface area (TPSA) is 84.8 Å². The van der Waals surface area contributed by atoms with Gasteiger partial charge in [-0.3, -0.25) is 4.79 Å². The molecular weight excluding hydrogens is 326 g/mol. The smallest absolute Gasteiger partial charge is 0.253 e. The molecule has 1 fully saturated rings. The summed E-state index contributed by atoms with van der Waals surface area (Å²) >= 11 is 5.22. The van der Waals surface area contributed by atoms with Gasteiger partial charge in [-0.05, 0) is 56.1 Å². The van der Waals surface area contributed by atoms with Crippen LogP contribution in [0.2, 0.25) is 0 Å². The number of phenols is 2. The SMILES string of the molecule is CC1=C(C(=O)N2CCCCC2)C(c2ccc(O)c(O)c2)NC(=S)N1. The number of nitrogens with one attached hydrogen (secondary N) is 2. The summed E-state index contributed by atoms with van der Waals surface area (Å²) in [5.41, 5.74) is 1.98. The number of benzene rings is 1. The maximum atomic E-state index is 13.0. The molecule has 0 aromatic heterocycles. The highest BCUT2D eigenvalue weighted by molar-refractivity contribution is 7.80. The molecule has 1 amide bonds. The van der Waals surface area contributed by atoms with E-state index >= 15 is 0 Å². The van der Waals surface area contributed by atoms with Crippen LogP contribution in [0.15, 0.2) is 29.5 Å². The third-order valence-corrected chi connectivity index (χ3v) is 4.70. The van der Waals surface area contributed by atoms with Crippen LogP contribution in [0.3, 0.4) is 0 Å². The average molecular weight is 347 g/mol. The zero-order chi connectivity index (χ0) is 17.3. The molecule has 2 aliphatic rings. The molecule has 0 aliphatic carbocycles. The predicted octanol–water partition coefficient (Wildman–Crippen LogP) is 1.90. The molecule has 1 atom stereocenters. The van der Waals surface area contributed by atoms with E-state index in [1.54, 1.807) is 6.07 Å². The Morgan fingerprint density at radius 2 is 1.92 bits per heavy atom.